The molecule has 19 heavy (non-hydrogen) atoms. The smallest absolute Gasteiger partial charge is 0.407 e. The SMILES string of the molecule is O=C(N[C@@H]1CNCC(F)(F)C1)OCc1ccccc1. The zero-order valence-corrected chi connectivity index (χ0v) is 10.4. The fraction of sp³-hybridized carbons (Fsp3) is 0.462. The van der Waals surface area contributed by atoms with Gasteiger partial charge >= 0.3 is 6.09 Å². The number of hydrogen-bond donors (Lipinski definition) is 2. The molecule has 4 nitrogen and oxygen atoms in total. The lowest BCUT2D eigenvalue weighted by Gasteiger charge is -2.29. The van der Waals surface area contributed by atoms with Crippen LogP contribution in [0, 0.1) is 0 Å². The van der Waals surface area contributed by atoms with Crippen molar-refractivity contribution in [3.63, 3.8) is 0 Å². The molecule has 1 amide bonds. The zero-order valence-electron chi connectivity index (χ0n) is 10.4. The lowest BCUT2D eigenvalue weighted by atomic mass is 10.0. The Morgan fingerprint density at radius 1 is 1.42 bits per heavy atom. The summed E-state index contributed by atoms with van der Waals surface area (Å²) in [4.78, 5) is 11.5. The van der Waals surface area contributed by atoms with E-state index in [1.165, 1.54) is 0 Å². The molecule has 1 aromatic carbocycles. The van der Waals surface area contributed by atoms with E-state index >= 15 is 0 Å². The normalized spacial score (nSPS) is 21.7. The molecule has 0 aliphatic carbocycles. The second-order valence-corrected chi connectivity index (χ2v) is 4.59. The number of rotatable bonds is 3. The molecule has 6 heteroatoms. The average molecular weight is 270 g/mol. The van der Waals surface area contributed by atoms with Gasteiger partial charge in [0.25, 0.3) is 5.92 Å². The molecule has 0 unspecified atom stereocenters. The predicted molar refractivity (Wildman–Crippen MR) is 66.0 cm³/mol. The molecule has 0 aromatic heterocycles. The molecule has 1 aromatic rings. The highest BCUT2D eigenvalue weighted by molar-refractivity contribution is 5.67. The third-order valence-electron chi connectivity index (χ3n) is 2.85. The van der Waals surface area contributed by atoms with Gasteiger partial charge < -0.3 is 15.4 Å². The minimum atomic E-state index is -2.78. The highest BCUT2D eigenvalue weighted by Gasteiger charge is 2.36. The molecule has 1 aliphatic heterocycles. The first-order valence-electron chi connectivity index (χ1n) is 6.11. The molecule has 0 spiro atoms. The van der Waals surface area contributed by atoms with Crippen LogP contribution in [0.1, 0.15) is 12.0 Å². The summed E-state index contributed by atoms with van der Waals surface area (Å²) in [6, 6.07) is 8.57. The van der Waals surface area contributed by atoms with Crippen molar-refractivity contribution < 1.29 is 18.3 Å². The second-order valence-electron chi connectivity index (χ2n) is 4.59. The van der Waals surface area contributed by atoms with Crippen LogP contribution in [0.2, 0.25) is 0 Å². The fourth-order valence-electron chi connectivity index (χ4n) is 1.97. The number of nitrogens with one attached hydrogen (secondary N) is 2. The maximum atomic E-state index is 13.1. The fourth-order valence-corrected chi connectivity index (χ4v) is 1.97. The second kappa shape index (κ2) is 5.97. The molecular formula is C13H16F2N2O2. The van der Waals surface area contributed by atoms with E-state index in [4.69, 9.17) is 4.74 Å². The van der Waals surface area contributed by atoms with Crippen molar-refractivity contribution in [1.29, 1.82) is 0 Å². The van der Waals surface area contributed by atoms with E-state index in [9.17, 15) is 13.6 Å². The van der Waals surface area contributed by atoms with Gasteiger partial charge in [0.05, 0.1) is 12.6 Å². The van der Waals surface area contributed by atoms with Crippen LogP contribution in [0.3, 0.4) is 0 Å². The van der Waals surface area contributed by atoms with Gasteiger partial charge in [-0.15, -0.1) is 0 Å². The number of alkyl halides is 2. The summed E-state index contributed by atoms with van der Waals surface area (Å²) < 4.78 is 31.2. The summed E-state index contributed by atoms with van der Waals surface area (Å²) >= 11 is 0. The molecule has 2 rings (SSSR count). The summed E-state index contributed by atoms with van der Waals surface area (Å²) in [6.07, 6.45) is -1.03. The molecule has 0 saturated carbocycles. The van der Waals surface area contributed by atoms with Gasteiger partial charge in [0.1, 0.15) is 6.61 Å². The molecule has 2 N–H and O–H groups in total. The molecule has 104 valence electrons. The number of amides is 1. The highest BCUT2D eigenvalue weighted by atomic mass is 19.3. The van der Waals surface area contributed by atoms with Crippen molar-refractivity contribution in [2.45, 2.75) is 25.0 Å². The standard InChI is InChI=1S/C13H16F2N2O2/c14-13(15)6-11(7-16-9-13)17-12(18)19-8-10-4-2-1-3-5-10/h1-5,11,16H,6-9H2,(H,17,18)/t11-/m0/s1. The number of hydrogen-bond acceptors (Lipinski definition) is 3. The van der Waals surface area contributed by atoms with Crippen LogP contribution >= 0.6 is 0 Å². The van der Waals surface area contributed by atoms with Crippen LogP contribution in [0.15, 0.2) is 30.3 Å². The van der Waals surface area contributed by atoms with Crippen LogP contribution in [0.4, 0.5) is 13.6 Å². The number of piperidine rings is 1. The average Bonchev–Trinajstić information content (AvgIpc) is 2.36. The molecule has 0 bridgehead atoms. The Kier molecular flexibility index (Phi) is 4.31. The van der Waals surface area contributed by atoms with E-state index in [0.717, 1.165) is 5.56 Å². The molecule has 1 saturated heterocycles. The van der Waals surface area contributed by atoms with Crippen molar-refractivity contribution in [2.75, 3.05) is 13.1 Å². The Labute approximate surface area is 110 Å². The monoisotopic (exact) mass is 270 g/mol. The van der Waals surface area contributed by atoms with E-state index in [-0.39, 0.29) is 19.6 Å². The number of alkyl carbamates (subject to hydrolysis) is 1. The summed E-state index contributed by atoms with van der Waals surface area (Å²) in [7, 11) is 0. The number of halogens is 2. The molecule has 1 atom stereocenters. The van der Waals surface area contributed by atoms with Gasteiger partial charge in [-0.1, -0.05) is 30.3 Å². The van der Waals surface area contributed by atoms with E-state index in [2.05, 4.69) is 10.6 Å². The zero-order chi connectivity index (χ0) is 13.7. The van der Waals surface area contributed by atoms with Crippen molar-refractivity contribution >= 4 is 6.09 Å². The number of carbonyl (C=O) groups is 1. The van der Waals surface area contributed by atoms with Crippen LogP contribution in [0.25, 0.3) is 0 Å². The van der Waals surface area contributed by atoms with Crippen LogP contribution in [0.5, 0.6) is 0 Å². The predicted octanol–water partition coefficient (Wildman–Crippen LogP) is 1.91. The summed E-state index contributed by atoms with van der Waals surface area (Å²) in [6.45, 7) is 0.115. The Bertz CT molecular complexity index is 426. The Morgan fingerprint density at radius 2 is 2.16 bits per heavy atom. The Hall–Kier alpha value is -1.69. The van der Waals surface area contributed by atoms with Gasteiger partial charge in [0.2, 0.25) is 0 Å². The van der Waals surface area contributed by atoms with Gasteiger partial charge in [0.15, 0.2) is 0 Å². The first-order chi connectivity index (χ1) is 9.05. The van der Waals surface area contributed by atoms with Crippen molar-refractivity contribution in [3.8, 4) is 0 Å². The van der Waals surface area contributed by atoms with E-state index in [0.29, 0.717) is 6.54 Å². The molecule has 0 radical (unpaired) electrons. The maximum Gasteiger partial charge on any atom is 0.407 e. The topological polar surface area (TPSA) is 50.4 Å². The third kappa shape index (κ3) is 4.48. The molecule has 1 heterocycles. The molecule has 1 fully saturated rings. The molecular weight excluding hydrogens is 254 g/mol. The van der Waals surface area contributed by atoms with E-state index in [1.54, 1.807) is 0 Å². The Morgan fingerprint density at radius 3 is 2.84 bits per heavy atom. The number of ether oxygens (including phenoxy) is 1. The number of carbonyl (C=O) groups excluding carboxylic acids is 1. The first-order valence-corrected chi connectivity index (χ1v) is 6.11. The first kappa shape index (κ1) is 13.7. The molecule has 1 aliphatic rings. The van der Waals surface area contributed by atoms with Crippen LogP contribution in [-0.2, 0) is 11.3 Å². The van der Waals surface area contributed by atoms with Crippen molar-refractivity contribution in [1.82, 2.24) is 10.6 Å². The van der Waals surface area contributed by atoms with E-state index < -0.39 is 18.1 Å². The van der Waals surface area contributed by atoms with Gasteiger partial charge in [0, 0.05) is 13.0 Å². The van der Waals surface area contributed by atoms with Gasteiger partial charge in [-0.2, -0.15) is 0 Å². The minimum Gasteiger partial charge on any atom is -0.445 e. The lowest BCUT2D eigenvalue weighted by Crippen LogP contribution is -2.53. The number of benzene rings is 1. The van der Waals surface area contributed by atoms with Gasteiger partial charge in [-0.3, -0.25) is 0 Å². The highest BCUT2D eigenvalue weighted by Crippen LogP contribution is 2.22. The summed E-state index contributed by atoms with van der Waals surface area (Å²) in [5.74, 6) is -2.78. The Balaban J connectivity index is 1.75. The lowest BCUT2D eigenvalue weighted by molar-refractivity contribution is -0.0308. The van der Waals surface area contributed by atoms with Gasteiger partial charge in [-0.25, -0.2) is 13.6 Å². The maximum absolute atomic E-state index is 13.1. The minimum absolute atomic E-state index is 0.128. The quantitative estimate of drug-likeness (QED) is 0.882. The van der Waals surface area contributed by atoms with E-state index in [1.807, 2.05) is 30.3 Å². The van der Waals surface area contributed by atoms with Crippen molar-refractivity contribution in [3.05, 3.63) is 35.9 Å². The summed E-state index contributed by atoms with van der Waals surface area (Å²) in [5.41, 5.74) is 0.852. The van der Waals surface area contributed by atoms with Crippen molar-refractivity contribution in [2.24, 2.45) is 0 Å². The van der Waals surface area contributed by atoms with Crippen LogP contribution < -0.4 is 10.6 Å². The third-order valence-corrected chi connectivity index (χ3v) is 2.85. The van der Waals surface area contributed by atoms with Crippen LogP contribution in [-0.4, -0.2) is 31.1 Å². The summed E-state index contributed by atoms with van der Waals surface area (Å²) in [5, 5.41) is 5.03. The largest absolute Gasteiger partial charge is 0.445 e. The van der Waals surface area contributed by atoms with Gasteiger partial charge in [-0.05, 0) is 5.56 Å².